The molecule has 1 aromatic carbocycles. The minimum atomic E-state index is -3.99. The van der Waals surface area contributed by atoms with Crippen molar-refractivity contribution >= 4 is 67.4 Å². The lowest BCUT2D eigenvalue weighted by Gasteiger charge is -2.13. The smallest absolute Gasteiger partial charge is 0.294 e. The van der Waals surface area contributed by atoms with Crippen molar-refractivity contribution in [3.8, 4) is 0 Å². The molecule has 11 heteroatoms. The van der Waals surface area contributed by atoms with Crippen LogP contribution in [0, 0.1) is 6.92 Å². The molecule has 0 aliphatic carbocycles. The van der Waals surface area contributed by atoms with Gasteiger partial charge in [-0.1, -0.05) is 41.6 Å². The number of rotatable bonds is 6. The summed E-state index contributed by atoms with van der Waals surface area (Å²) in [5.41, 5.74) is 1.58. The van der Waals surface area contributed by atoms with E-state index in [-0.39, 0.29) is 34.2 Å². The van der Waals surface area contributed by atoms with Crippen molar-refractivity contribution in [2.75, 3.05) is 11.9 Å². The van der Waals surface area contributed by atoms with Crippen LogP contribution in [0.4, 0.5) is 5.69 Å². The van der Waals surface area contributed by atoms with Crippen LogP contribution in [0.15, 0.2) is 45.0 Å². The number of hydrogen-bond donors (Lipinski definition) is 1. The zero-order valence-electron chi connectivity index (χ0n) is 15.6. The number of hydrogen-bond acceptors (Lipinski definition) is 6. The van der Waals surface area contributed by atoms with Gasteiger partial charge in [-0.15, -0.1) is 15.7 Å². The molecule has 0 bridgehead atoms. The van der Waals surface area contributed by atoms with Crippen LogP contribution in [-0.4, -0.2) is 42.1 Å². The molecule has 0 saturated carbocycles. The van der Waals surface area contributed by atoms with Gasteiger partial charge in [0.15, 0.2) is 5.17 Å². The topological polar surface area (TPSA) is 95.9 Å². The van der Waals surface area contributed by atoms with Crippen molar-refractivity contribution < 1.29 is 18.0 Å². The van der Waals surface area contributed by atoms with E-state index in [1.165, 1.54) is 17.0 Å². The quantitative estimate of drug-likeness (QED) is 0.692. The third kappa shape index (κ3) is 5.00. The largest absolute Gasteiger partial charge is 0.326 e. The standard InChI is InChI=1S/C18H18ClN3O4S3/c1-3-22-17(24)13(10-15(23)20-12-7-5-4-6-11(12)2)27-18(22)21-29(25,26)16-9-8-14(19)28-16/h4-9,13H,3,10H2,1-2H3,(H,20,23). The molecule has 1 saturated heterocycles. The maximum atomic E-state index is 12.7. The Morgan fingerprint density at radius 2 is 2.00 bits per heavy atom. The molecule has 154 valence electrons. The van der Waals surface area contributed by atoms with E-state index in [2.05, 4.69) is 9.71 Å². The van der Waals surface area contributed by atoms with Crippen molar-refractivity contribution in [3.05, 3.63) is 46.3 Å². The molecule has 1 unspecified atom stereocenters. The summed E-state index contributed by atoms with van der Waals surface area (Å²) in [6.45, 7) is 3.84. The molecule has 1 fully saturated rings. The molecule has 1 N–H and O–H groups in total. The maximum absolute atomic E-state index is 12.7. The zero-order valence-corrected chi connectivity index (χ0v) is 18.8. The van der Waals surface area contributed by atoms with E-state index in [4.69, 9.17) is 11.6 Å². The van der Waals surface area contributed by atoms with Gasteiger partial charge < -0.3 is 5.32 Å². The molecule has 2 amide bonds. The van der Waals surface area contributed by atoms with Crippen LogP contribution in [0.25, 0.3) is 0 Å². The number of anilines is 1. The minimum Gasteiger partial charge on any atom is -0.326 e. The van der Waals surface area contributed by atoms with Gasteiger partial charge in [-0.3, -0.25) is 14.5 Å². The summed E-state index contributed by atoms with van der Waals surface area (Å²) in [7, 11) is -3.99. The van der Waals surface area contributed by atoms with Crippen molar-refractivity contribution in [1.82, 2.24) is 4.90 Å². The first-order valence-corrected chi connectivity index (χ1v) is 12.2. The Morgan fingerprint density at radius 3 is 2.62 bits per heavy atom. The van der Waals surface area contributed by atoms with Gasteiger partial charge in [-0.2, -0.15) is 8.42 Å². The Hall–Kier alpha value is -1.88. The lowest BCUT2D eigenvalue weighted by Crippen LogP contribution is -2.33. The van der Waals surface area contributed by atoms with E-state index in [1.807, 2.05) is 25.1 Å². The van der Waals surface area contributed by atoms with Crippen LogP contribution in [0.3, 0.4) is 0 Å². The monoisotopic (exact) mass is 471 g/mol. The van der Waals surface area contributed by atoms with Gasteiger partial charge in [0.1, 0.15) is 9.46 Å². The first-order chi connectivity index (χ1) is 13.7. The molecule has 3 rings (SSSR count). The number of carbonyl (C=O) groups excluding carboxylic acids is 2. The third-order valence-corrected chi connectivity index (χ3v) is 8.38. The molecule has 1 aliphatic heterocycles. The molecular formula is C18H18ClN3O4S3. The van der Waals surface area contributed by atoms with Gasteiger partial charge in [0, 0.05) is 18.7 Å². The molecule has 1 aliphatic rings. The van der Waals surface area contributed by atoms with Crippen LogP contribution in [0.5, 0.6) is 0 Å². The van der Waals surface area contributed by atoms with Gasteiger partial charge >= 0.3 is 0 Å². The number of sulfonamides is 1. The second kappa shape index (κ2) is 8.86. The highest BCUT2D eigenvalue weighted by molar-refractivity contribution is 8.16. The van der Waals surface area contributed by atoms with Crippen LogP contribution in [0.1, 0.15) is 18.9 Å². The zero-order chi connectivity index (χ0) is 21.2. The number of aryl methyl sites for hydroxylation is 1. The first kappa shape index (κ1) is 21.8. The molecule has 0 radical (unpaired) electrons. The summed E-state index contributed by atoms with van der Waals surface area (Å²) in [6, 6.07) is 10.2. The minimum absolute atomic E-state index is 0.000141. The van der Waals surface area contributed by atoms with Gasteiger partial charge in [-0.05, 0) is 37.6 Å². The molecule has 1 atom stereocenters. The summed E-state index contributed by atoms with van der Waals surface area (Å²) < 4.78 is 29.2. The van der Waals surface area contributed by atoms with E-state index in [0.29, 0.717) is 10.0 Å². The van der Waals surface area contributed by atoms with Gasteiger partial charge in [-0.25, -0.2) is 0 Å². The molecule has 2 heterocycles. The normalized spacial score (nSPS) is 18.4. The summed E-state index contributed by atoms with van der Waals surface area (Å²) in [4.78, 5) is 26.4. The second-order valence-corrected chi connectivity index (χ2v) is 10.9. The molecule has 7 nitrogen and oxygen atoms in total. The number of thiophene rings is 1. The fraction of sp³-hybridized carbons (Fsp3) is 0.278. The predicted molar refractivity (Wildman–Crippen MR) is 117 cm³/mol. The number of nitrogens with one attached hydrogen (secondary N) is 1. The third-order valence-electron chi connectivity index (χ3n) is 4.13. The molecule has 0 spiro atoms. The van der Waals surface area contributed by atoms with Crippen LogP contribution >= 0.6 is 34.7 Å². The second-order valence-electron chi connectivity index (χ2n) is 6.16. The highest BCUT2D eigenvalue weighted by Crippen LogP contribution is 2.33. The highest BCUT2D eigenvalue weighted by Gasteiger charge is 2.39. The van der Waals surface area contributed by atoms with Crippen LogP contribution < -0.4 is 5.32 Å². The molecular weight excluding hydrogens is 454 g/mol. The lowest BCUT2D eigenvalue weighted by atomic mass is 10.2. The highest BCUT2D eigenvalue weighted by atomic mass is 35.5. The predicted octanol–water partition coefficient (Wildman–Crippen LogP) is 3.75. The van der Waals surface area contributed by atoms with Crippen molar-refractivity contribution in [3.63, 3.8) is 0 Å². The van der Waals surface area contributed by atoms with Crippen molar-refractivity contribution in [1.29, 1.82) is 0 Å². The number of halogens is 1. The SMILES string of the molecule is CCN1C(=O)C(CC(=O)Nc2ccccc2C)SC1=NS(=O)(=O)c1ccc(Cl)s1. The Kier molecular flexibility index (Phi) is 6.67. The number of thioether (sulfide) groups is 1. The Morgan fingerprint density at radius 1 is 1.28 bits per heavy atom. The Bertz CT molecular complexity index is 1080. The summed E-state index contributed by atoms with van der Waals surface area (Å²) in [6.07, 6.45) is -0.0851. The van der Waals surface area contributed by atoms with Gasteiger partial charge in [0.2, 0.25) is 11.8 Å². The van der Waals surface area contributed by atoms with E-state index >= 15 is 0 Å². The fourth-order valence-corrected chi connectivity index (χ4v) is 6.55. The molecule has 29 heavy (non-hydrogen) atoms. The van der Waals surface area contributed by atoms with E-state index in [0.717, 1.165) is 28.7 Å². The van der Waals surface area contributed by atoms with Crippen molar-refractivity contribution in [2.45, 2.75) is 29.7 Å². The van der Waals surface area contributed by atoms with E-state index < -0.39 is 15.3 Å². The number of amidine groups is 1. The maximum Gasteiger partial charge on any atom is 0.294 e. The molecule has 1 aromatic heterocycles. The van der Waals surface area contributed by atoms with E-state index in [1.54, 1.807) is 13.0 Å². The number of amides is 2. The number of benzene rings is 1. The van der Waals surface area contributed by atoms with Gasteiger partial charge in [0.05, 0.1) is 4.34 Å². The summed E-state index contributed by atoms with van der Waals surface area (Å²) in [5, 5.41) is 2.12. The average molecular weight is 472 g/mol. The van der Waals surface area contributed by atoms with Crippen LogP contribution in [0.2, 0.25) is 4.34 Å². The van der Waals surface area contributed by atoms with E-state index in [9.17, 15) is 18.0 Å². The first-order valence-electron chi connectivity index (χ1n) is 8.65. The lowest BCUT2D eigenvalue weighted by molar-refractivity contribution is -0.128. The summed E-state index contributed by atoms with van der Waals surface area (Å²) >= 11 is 7.69. The average Bonchev–Trinajstić information content (AvgIpc) is 3.21. The fourth-order valence-electron chi connectivity index (χ4n) is 2.67. The number of para-hydroxylation sites is 1. The Labute approximate surface area is 182 Å². The Balaban J connectivity index is 1.76. The number of nitrogens with zero attached hydrogens (tertiary/aromatic N) is 2. The summed E-state index contributed by atoms with van der Waals surface area (Å²) in [5.74, 6) is -0.661. The van der Waals surface area contributed by atoms with Crippen LogP contribution in [-0.2, 0) is 19.6 Å². The van der Waals surface area contributed by atoms with Crippen molar-refractivity contribution in [2.24, 2.45) is 4.40 Å². The number of carbonyl (C=O) groups is 2. The van der Waals surface area contributed by atoms with Gasteiger partial charge in [0.25, 0.3) is 10.0 Å². The molecule has 2 aromatic rings.